The van der Waals surface area contributed by atoms with E-state index in [0.717, 1.165) is 43.5 Å². The summed E-state index contributed by atoms with van der Waals surface area (Å²) in [6.07, 6.45) is 10.3. The molecule has 27 heavy (non-hydrogen) atoms. The van der Waals surface area contributed by atoms with E-state index in [1.54, 1.807) is 6.20 Å². The van der Waals surface area contributed by atoms with E-state index >= 15 is 0 Å². The van der Waals surface area contributed by atoms with Crippen LogP contribution in [-0.4, -0.2) is 47.4 Å². The Bertz CT molecular complexity index is 644. The molecule has 2 fully saturated rings. The first kappa shape index (κ1) is 20.1. The zero-order chi connectivity index (χ0) is 19.2. The molecule has 150 valence electrons. The van der Waals surface area contributed by atoms with Crippen LogP contribution in [0.25, 0.3) is 0 Å². The maximum Gasteiger partial charge on any atom is 0.242 e. The van der Waals surface area contributed by atoms with Gasteiger partial charge >= 0.3 is 0 Å². The Morgan fingerprint density at radius 3 is 2.70 bits per heavy atom. The van der Waals surface area contributed by atoms with Gasteiger partial charge in [0, 0.05) is 11.1 Å². The van der Waals surface area contributed by atoms with Crippen molar-refractivity contribution < 1.29 is 9.59 Å². The smallest absolute Gasteiger partial charge is 0.242 e. The molecule has 1 aliphatic carbocycles. The molecule has 2 atom stereocenters. The van der Waals surface area contributed by atoms with Crippen LogP contribution < -0.4 is 16.4 Å². The van der Waals surface area contributed by atoms with Crippen LogP contribution in [0.4, 0.5) is 5.13 Å². The molecule has 1 aromatic heterocycles. The predicted molar refractivity (Wildman–Crippen MR) is 107 cm³/mol. The van der Waals surface area contributed by atoms with Crippen LogP contribution in [0.1, 0.15) is 56.2 Å². The van der Waals surface area contributed by atoms with Gasteiger partial charge in [-0.05, 0) is 38.8 Å². The highest BCUT2D eigenvalue weighted by Gasteiger charge is 2.32. The molecule has 8 heteroatoms. The number of anilines is 1. The van der Waals surface area contributed by atoms with Crippen LogP contribution in [-0.2, 0) is 16.1 Å². The van der Waals surface area contributed by atoms with Crippen LogP contribution in [0.3, 0.4) is 0 Å². The molecular weight excluding hydrogens is 362 g/mol. The summed E-state index contributed by atoms with van der Waals surface area (Å²) in [4.78, 5) is 32.6. The number of carbonyl (C=O) groups excluding carboxylic acids is 2. The fourth-order valence-electron chi connectivity index (χ4n) is 4.20. The fraction of sp³-hybridized carbons (Fsp3) is 0.737. The highest BCUT2D eigenvalue weighted by atomic mass is 32.1. The summed E-state index contributed by atoms with van der Waals surface area (Å²) in [5.41, 5.74) is 5.65. The Hall–Kier alpha value is -1.67. The van der Waals surface area contributed by atoms with Crippen molar-refractivity contribution >= 4 is 28.3 Å². The number of hydrogen-bond acceptors (Lipinski definition) is 6. The molecule has 2 heterocycles. The molecule has 1 aliphatic heterocycles. The molecule has 0 unspecified atom stereocenters. The number of hydrogen-bond donors (Lipinski definition) is 3. The number of carbonyl (C=O) groups is 2. The van der Waals surface area contributed by atoms with E-state index in [1.165, 1.54) is 30.6 Å². The van der Waals surface area contributed by atoms with E-state index in [2.05, 4.69) is 20.5 Å². The maximum absolute atomic E-state index is 12.8. The van der Waals surface area contributed by atoms with Crippen molar-refractivity contribution in [3.05, 3.63) is 11.1 Å². The van der Waals surface area contributed by atoms with Crippen molar-refractivity contribution in [1.29, 1.82) is 0 Å². The van der Waals surface area contributed by atoms with Crippen molar-refractivity contribution in [3.63, 3.8) is 0 Å². The number of amides is 2. The third-order valence-corrected chi connectivity index (χ3v) is 6.58. The second kappa shape index (κ2) is 9.50. The van der Waals surface area contributed by atoms with Gasteiger partial charge in [-0.1, -0.05) is 32.1 Å². The summed E-state index contributed by atoms with van der Waals surface area (Å²) < 4.78 is 0. The minimum atomic E-state index is -0.472. The molecule has 0 radical (unpaired) electrons. The number of nitrogens with zero attached hydrogens (tertiary/aromatic N) is 2. The van der Waals surface area contributed by atoms with Gasteiger partial charge in [-0.2, -0.15) is 0 Å². The van der Waals surface area contributed by atoms with Crippen molar-refractivity contribution in [3.8, 4) is 0 Å². The summed E-state index contributed by atoms with van der Waals surface area (Å²) in [6, 6.07) is -0.590. The van der Waals surface area contributed by atoms with Gasteiger partial charge in [0.1, 0.15) is 6.04 Å². The third-order valence-electron chi connectivity index (χ3n) is 5.76. The van der Waals surface area contributed by atoms with Gasteiger partial charge < -0.3 is 16.4 Å². The fourth-order valence-corrected chi connectivity index (χ4v) is 4.82. The van der Waals surface area contributed by atoms with Gasteiger partial charge in [0.05, 0.1) is 12.6 Å². The second-order valence-electron chi connectivity index (χ2n) is 7.82. The van der Waals surface area contributed by atoms with E-state index in [-0.39, 0.29) is 17.9 Å². The van der Waals surface area contributed by atoms with E-state index in [4.69, 9.17) is 5.73 Å². The molecule has 7 nitrogen and oxygen atoms in total. The zero-order valence-corrected chi connectivity index (χ0v) is 16.9. The number of likely N-dealkylation sites (N-methyl/N-ethyl adjacent to an activating group) is 1. The highest BCUT2D eigenvalue weighted by molar-refractivity contribution is 7.15. The summed E-state index contributed by atoms with van der Waals surface area (Å²) in [5.74, 6) is 0.379. The van der Waals surface area contributed by atoms with E-state index < -0.39 is 6.04 Å². The number of nitrogens with one attached hydrogen (secondary N) is 2. The van der Waals surface area contributed by atoms with E-state index in [9.17, 15) is 9.59 Å². The second-order valence-corrected chi connectivity index (χ2v) is 8.97. The molecule has 2 amide bonds. The van der Waals surface area contributed by atoms with Crippen molar-refractivity contribution in [2.45, 2.75) is 70.0 Å². The predicted octanol–water partition coefficient (Wildman–Crippen LogP) is 1.89. The van der Waals surface area contributed by atoms with Gasteiger partial charge in [0.25, 0.3) is 0 Å². The van der Waals surface area contributed by atoms with Gasteiger partial charge in [0.2, 0.25) is 11.8 Å². The van der Waals surface area contributed by atoms with Gasteiger partial charge in [-0.15, -0.1) is 11.3 Å². The number of likely N-dealkylation sites (tertiary alicyclic amines) is 1. The van der Waals surface area contributed by atoms with Crippen molar-refractivity contribution in [2.24, 2.45) is 5.92 Å². The van der Waals surface area contributed by atoms with Crippen LogP contribution in [0, 0.1) is 5.92 Å². The van der Waals surface area contributed by atoms with Crippen LogP contribution in [0.2, 0.25) is 0 Å². The lowest BCUT2D eigenvalue weighted by atomic mass is 9.84. The first-order valence-corrected chi connectivity index (χ1v) is 10.8. The molecule has 1 saturated carbocycles. The summed E-state index contributed by atoms with van der Waals surface area (Å²) in [5, 5.41) is 6.50. The minimum Gasteiger partial charge on any atom is -0.375 e. The Kier molecular flexibility index (Phi) is 7.07. The largest absolute Gasteiger partial charge is 0.375 e. The van der Waals surface area contributed by atoms with Gasteiger partial charge in [-0.25, -0.2) is 4.98 Å². The third kappa shape index (κ3) is 5.65. The SMILES string of the molecule is CN1CCC[C@H]1C(=O)N[C@@H](CC1CCCCC1)C(=O)NCc1cnc(N)s1. The number of aromatic nitrogens is 1. The first-order chi connectivity index (χ1) is 13.0. The zero-order valence-electron chi connectivity index (χ0n) is 16.1. The van der Waals surface area contributed by atoms with Gasteiger partial charge in [-0.3, -0.25) is 14.5 Å². The summed E-state index contributed by atoms with van der Waals surface area (Å²) in [7, 11) is 1.97. The quantitative estimate of drug-likeness (QED) is 0.657. The molecule has 3 rings (SSSR count). The van der Waals surface area contributed by atoms with Crippen LogP contribution in [0.15, 0.2) is 6.20 Å². The standard InChI is InChI=1S/C19H31N5O2S/c1-24-9-5-8-16(24)18(26)23-15(10-13-6-3-2-4-7-13)17(25)21-11-14-12-22-19(20)27-14/h12-13,15-16H,2-11H2,1H3,(H2,20,22)(H,21,25)(H,23,26)/t15-,16-/m0/s1. The van der Waals surface area contributed by atoms with Gasteiger partial charge in [0.15, 0.2) is 5.13 Å². The van der Waals surface area contributed by atoms with Crippen LogP contribution >= 0.6 is 11.3 Å². The summed E-state index contributed by atoms with van der Waals surface area (Å²) >= 11 is 1.37. The first-order valence-electron chi connectivity index (χ1n) is 10.0. The molecule has 1 saturated heterocycles. The number of nitrogen functional groups attached to an aromatic ring is 1. The average Bonchev–Trinajstić information content (AvgIpc) is 3.28. The molecule has 0 bridgehead atoms. The molecule has 0 aromatic carbocycles. The number of nitrogens with two attached hydrogens (primary N) is 1. The number of rotatable bonds is 7. The monoisotopic (exact) mass is 393 g/mol. The average molecular weight is 394 g/mol. The van der Waals surface area contributed by atoms with Crippen molar-refractivity contribution in [1.82, 2.24) is 20.5 Å². The molecule has 0 spiro atoms. The number of thiazole rings is 1. The summed E-state index contributed by atoms with van der Waals surface area (Å²) in [6.45, 7) is 1.33. The topological polar surface area (TPSA) is 100 Å². The van der Waals surface area contributed by atoms with E-state index in [1.807, 2.05) is 7.05 Å². The Labute approximate surface area is 165 Å². The Morgan fingerprint density at radius 1 is 1.30 bits per heavy atom. The molecule has 2 aliphatic rings. The molecule has 1 aromatic rings. The highest BCUT2D eigenvalue weighted by Crippen LogP contribution is 2.27. The Morgan fingerprint density at radius 2 is 2.07 bits per heavy atom. The molecular formula is C19H31N5O2S. The lowest BCUT2D eigenvalue weighted by molar-refractivity contribution is -0.131. The minimum absolute atomic E-state index is 0.0204. The Balaban J connectivity index is 1.60. The lowest BCUT2D eigenvalue weighted by Crippen LogP contribution is -2.52. The normalized spacial score (nSPS) is 22.5. The van der Waals surface area contributed by atoms with E-state index in [0.29, 0.717) is 17.6 Å². The molecule has 4 N–H and O–H groups in total. The maximum atomic E-state index is 12.8. The van der Waals surface area contributed by atoms with Crippen LogP contribution in [0.5, 0.6) is 0 Å². The van der Waals surface area contributed by atoms with Crippen molar-refractivity contribution in [2.75, 3.05) is 19.3 Å². The lowest BCUT2D eigenvalue weighted by Gasteiger charge is -2.28.